The van der Waals surface area contributed by atoms with Crippen molar-refractivity contribution in [2.24, 2.45) is 12.5 Å². The molecule has 0 fully saturated rings. The van der Waals surface area contributed by atoms with Crippen molar-refractivity contribution in [3.8, 4) is 22.9 Å². The van der Waals surface area contributed by atoms with Crippen molar-refractivity contribution in [2.75, 3.05) is 7.11 Å². The Morgan fingerprint density at radius 1 is 1.12 bits per heavy atom. The number of fused-ring (bicyclic) bond motifs is 1. The smallest absolute Gasteiger partial charge is 0.328 e. The topological polar surface area (TPSA) is 59.9 Å². The summed E-state index contributed by atoms with van der Waals surface area (Å²) < 4.78 is 8.78. The molecule has 3 aromatic rings. The maximum atomic E-state index is 12.7. The molecule has 0 aliphatic rings. The van der Waals surface area contributed by atoms with Crippen LogP contribution in [0.3, 0.4) is 0 Å². The fraction of sp³-hybridized carbons (Fsp3) is 0.333. The quantitative estimate of drug-likeness (QED) is 0.720. The monoisotopic (exact) mass is 349 g/mol. The maximum Gasteiger partial charge on any atom is 0.328 e. The Bertz CT molecular complexity index is 1080. The second kappa shape index (κ2) is 6.38. The van der Waals surface area contributed by atoms with Crippen molar-refractivity contribution in [3.05, 3.63) is 52.4 Å². The second-order valence-corrected chi connectivity index (χ2v) is 7.72. The number of aromatic nitrogens is 2. The molecule has 0 spiro atoms. The fourth-order valence-electron chi connectivity index (χ4n) is 3.19. The summed E-state index contributed by atoms with van der Waals surface area (Å²) >= 11 is 0. The molecule has 0 aliphatic heterocycles. The molecule has 5 heteroatoms. The fourth-order valence-corrected chi connectivity index (χ4v) is 3.19. The van der Waals surface area contributed by atoms with Gasteiger partial charge in [-0.25, -0.2) is 4.79 Å². The van der Waals surface area contributed by atoms with Gasteiger partial charge in [-0.15, -0.1) is 0 Å². The molecule has 0 aliphatic carbocycles. The number of rotatable bonds is 3. The summed E-state index contributed by atoms with van der Waals surface area (Å²) in [6.45, 7) is 6.98. The van der Waals surface area contributed by atoms with Crippen LogP contribution in [0.15, 0.2) is 41.2 Å². The number of methoxy groups -OCH3 is 1. The molecule has 0 radical (unpaired) electrons. The molecule has 0 atom stereocenters. The van der Waals surface area contributed by atoms with Crippen molar-refractivity contribution in [3.63, 3.8) is 0 Å². The average molecular weight is 349 g/mol. The number of ether oxygens (including phenoxy) is 1. The van der Waals surface area contributed by atoms with Crippen molar-refractivity contribution < 1.29 is 4.74 Å². The van der Waals surface area contributed by atoms with Crippen LogP contribution < -0.4 is 10.4 Å². The van der Waals surface area contributed by atoms with Crippen molar-refractivity contribution >= 4 is 11.0 Å². The number of hydrogen-bond donors (Lipinski definition) is 0. The van der Waals surface area contributed by atoms with Gasteiger partial charge >= 0.3 is 5.69 Å². The van der Waals surface area contributed by atoms with Gasteiger partial charge in [0.25, 0.3) is 0 Å². The first-order valence-corrected chi connectivity index (χ1v) is 8.53. The Labute approximate surface area is 153 Å². The zero-order valence-electron chi connectivity index (χ0n) is 15.8. The molecule has 3 rings (SSSR count). The third-order valence-corrected chi connectivity index (χ3v) is 4.44. The van der Waals surface area contributed by atoms with E-state index in [1.807, 2.05) is 28.8 Å². The van der Waals surface area contributed by atoms with Gasteiger partial charge in [0.05, 0.1) is 29.8 Å². The number of nitriles is 1. The first-order chi connectivity index (χ1) is 12.2. The molecular weight excluding hydrogens is 326 g/mol. The van der Waals surface area contributed by atoms with Gasteiger partial charge in [0.2, 0.25) is 0 Å². The van der Waals surface area contributed by atoms with Gasteiger partial charge in [0.15, 0.2) is 0 Å². The zero-order valence-corrected chi connectivity index (χ0v) is 15.8. The van der Waals surface area contributed by atoms with Crippen LogP contribution in [0, 0.1) is 16.7 Å². The van der Waals surface area contributed by atoms with E-state index >= 15 is 0 Å². The summed E-state index contributed by atoms with van der Waals surface area (Å²) in [6.07, 6.45) is 0. The predicted octanol–water partition coefficient (Wildman–Crippen LogP) is 3.93. The van der Waals surface area contributed by atoms with E-state index in [0.29, 0.717) is 17.9 Å². The van der Waals surface area contributed by atoms with Crippen LogP contribution >= 0.6 is 0 Å². The number of hydrogen-bond acceptors (Lipinski definition) is 3. The van der Waals surface area contributed by atoms with E-state index < -0.39 is 0 Å². The van der Waals surface area contributed by atoms with Gasteiger partial charge in [-0.05, 0) is 41.3 Å². The average Bonchev–Trinajstić information content (AvgIpc) is 2.84. The van der Waals surface area contributed by atoms with E-state index in [9.17, 15) is 10.1 Å². The van der Waals surface area contributed by atoms with Crippen LogP contribution in [0.5, 0.6) is 5.75 Å². The summed E-state index contributed by atoms with van der Waals surface area (Å²) in [5.74, 6) is 0.693. The van der Waals surface area contributed by atoms with Gasteiger partial charge in [0, 0.05) is 19.2 Å². The maximum absolute atomic E-state index is 12.7. The third-order valence-electron chi connectivity index (χ3n) is 4.44. The van der Waals surface area contributed by atoms with E-state index in [4.69, 9.17) is 4.74 Å². The molecule has 1 heterocycles. The van der Waals surface area contributed by atoms with E-state index in [1.165, 1.54) is 0 Å². The number of nitrogens with zero attached hydrogens (tertiary/aromatic N) is 3. The Kier molecular flexibility index (Phi) is 4.37. The lowest BCUT2D eigenvalue weighted by Crippen LogP contribution is -2.27. The number of imidazole rings is 1. The van der Waals surface area contributed by atoms with Crippen LogP contribution in [0.25, 0.3) is 22.2 Å². The summed E-state index contributed by atoms with van der Waals surface area (Å²) in [7, 11) is 3.38. The largest absolute Gasteiger partial charge is 0.497 e. The summed E-state index contributed by atoms with van der Waals surface area (Å²) in [5.41, 5.74) is 3.97. The highest BCUT2D eigenvalue weighted by Crippen LogP contribution is 2.30. The van der Waals surface area contributed by atoms with E-state index in [1.54, 1.807) is 30.9 Å². The van der Waals surface area contributed by atoms with Gasteiger partial charge in [0.1, 0.15) is 5.75 Å². The van der Waals surface area contributed by atoms with Gasteiger partial charge in [-0.3, -0.25) is 9.13 Å². The van der Waals surface area contributed by atoms with Crippen LogP contribution in [-0.2, 0) is 13.6 Å². The molecule has 0 saturated carbocycles. The molecule has 5 nitrogen and oxygen atoms in total. The minimum atomic E-state index is -0.0294. The Hall–Kier alpha value is -3.00. The Morgan fingerprint density at radius 3 is 2.46 bits per heavy atom. The van der Waals surface area contributed by atoms with E-state index in [0.717, 1.165) is 22.2 Å². The highest BCUT2D eigenvalue weighted by molar-refractivity contribution is 5.84. The first-order valence-electron chi connectivity index (χ1n) is 8.53. The van der Waals surface area contributed by atoms with Crippen LogP contribution in [-0.4, -0.2) is 16.2 Å². The van der Waals surface area contributed by atoms with Crippen molar-refractivity contribution in [2.45, 2.75) is 27.3 Å². The molecule has 26 heavy (non-hydrogen) atoms. The minimum absolute atomic E-state index is 0.00243. The molecule has 0 unspecified atom stereocenters. The lowest BCUT2D eigenvalue weighted by molar-refractivity contribution is 0.342. The molecule has 1 aromatic heterocycles. The van der Waals surface area contributed by atoms with E-state index in [2.05, 4.69) is 26.8 Å². The molecule has 0 bridgehead atoms. The molecule has 0 N–H and O–H groups in total. The highest BCUT2D eigenvalue weighted by Gasteiger charge is 2.18. The SMILES string of the molecule is COc1ccc(C#N)c(-c2ccc3c(c2)n(C)c(=O)n3CC(C)(C)C)c1. The summed E-state index contributed by atoms with van der Waals surface area (Å²) in [6, 6.07) is 13.5. The third kappa shape index (κ3) is 3.11. The number of aryl methyl sites for hydroxylation is 1. The van der Waals surface area contributed by atoms with Gasteiger partial charge in [-0.1, -0.05) is 26.8 Å². The van der Waals surface area contributed by atoms with Gasteiger partial charge in [-0.2, -0.15) is 5.26 Å². The molecule has 0 amide bonds. The highest BCUT2D eigenvalue weighted by atomic mass is 16.5. The van der Waals surface area contributed by atoms with Gasteiger partial charge < -0.3 is 4.74 Å². The minimum Gasteiger partial charge on any atom is -0.497 e. The molecular formula is C21H23N3O2. The zero-order chi connectivity index (χ0) is 19.1. The molecule has 134 valence electrons. The van der Waals surface area contributed by atoms with Crippen LogP contribution in [0.4, 0.5) is 0 Å². The normalized spacial score (nSPS) is 11.5. The lowest BCUT2D eigenvalue weighted by atomic mass is 9.96. The first kappa shape index (κ1) is 17.8. The molecule has 2 aromatic carbocycles. The summed E-state index contributed by atoms with van der Waals surface area (Å²) in [4.78, 5) is 12.7. The number of benzene rings is 2. The second-order valence-electron chi connectivity index (χ2n) is 7.72. The Balaban J connectivity index is 2.22. The van der Waals surface area contributed by atoms with E-state index in [-0.39, 0.29) is 11.1 Å². The van der Waals surface area contributed by atoms with Crippen molar-refractivity contribution in [1.82, 2.24) is 9.13 Å². The lowest BCUT2D eigenvalue weighted by Gasteiger charge is -2.18. The predicted molar refractivity (Wildman–Crippen MR) is 103 cm³/mol. The van der Waals surface area contributed by atoms with Crippen molar-refractivity contribution in [1.29, 1.82) is 5.26 Å². The Morgan fingerprint density at radius 2 is 1.85 bits per heavy atom. The van der Waals surface area contributed by atoms with Crippen LogP contribution in [0.2, 0.25) is 0 Å². The summed E-state index contributed by atoms with van der Waals surface area (Å²) in [5, 5.41) is 9.44. The molecule has 0 saturated heterocycles. The van der Waals surface area contributed by atoms with Crippen LogP contribution in [0.1, 0.15) is 26.3 Å². The standard InChI is InChI=1S/C21H23N3O2/c1-21(2,3)13-24-18-9-7-14(10-19(18)23(4)20(24)25)17-11-16(26-5)8-6-15(17)12-22/h6-11H,13H2,1-5H3.